The molecule has 1 aromatic carbocycles. The lowest BCUT2D eigenvalue weighted by molar-refractivity contribution is 0.424. The second-order valence-electron chi connectivity index (χ2n) is 4.14. The van der Waals surface area contributed by atoms with E-state index in [1.54, 1.807) is 6.26 Å². The third-order valence-electron chi connectivity index (χ3n) is 3.16. The normalized spacial score (nSPS) is 22.0. The summed E-state index contributed by atoms with van der Waals surface area (Å²) in [7, 11) is 0. The molecule has 1 atom stereocenters. The highest BCUT2D eigenvalue weighted by Crippen LogP contribution is 2.28. The third-order valence-corrected chi connectivity index (χ3v) is 3.16. The number of benzene rings is 1. The van der Waals surface area contributed by atoms with Gasteiger partial charge in [0.1, 0.15) is 11.8 Å². The SMILES string of the molecule is c1cc(C2CCCNC2)c2nocc2c1. The van der Waals surface area contributed by atoms with Crippen molar-refractivity contribution in [2.45, 2.75) is 18.8 Å². The third kappa shape index (κ3) is 1.53. The number of nitrogens with one attached hydrogen (secondary N) is 1. The average Bonchev–Trinajstić information content (AvgIpc) is 2.78. The first-order valence-corrected chi connectivity index (χ1v) is 5.49. The number of fused-ring (bicyclic) bond motifs is 1. The molecule has 1 fully saturated rings. The molecule has 0 amide bonds. The van der Waals surface area contributed by atoms with E-state index in [0.29, 0.717) is 5.92 Å². The van der Waals surface area contributed by atoms with E-state index in [-0.39, 0.29) is 0 Å². The lowest BCUT2D eigenvalue weighted by atomic mass is 9.90. The zero-order valence-corrected chi connectivity index (χ0v) is 8.57. The van der Waals surface area contributed by atoms with Crippen molar-refractivity contribution in [1.29, 1.82) is 0 Å². The Labute approximate surface area is 88.4 Å². The van der Waals surface area contributed by atoms with Crippen molar-refractivity contribution >= 4 is 10.9 Å². The van der Waals surface area contributed by atoms with Crippen LogP contribution in [0.2, 0.25) is 0 Å². The predicted octanol–water partition coefficient (Wildman–Crippen LogP) is 2.29. The van der Waals surface area contributed by atoms with Crippen LogP contribution in [-0.4, -0.2) is 18.2 Å². The van der Waals surface area contributed by atoms with Crippen molar-refractivity contribution in [3.05, 3.63) is 30.0 Å². The lowest BCUT2D eigenvalue weighted by Crippen LogP contribution is -2.28. The average molecular weight is 202 g/mol. The van der Waals surface area contributed by atoms with Crippen molar-refractivity contribution in [2.75, 3.05) is 13.1 Å². The summed E-state index contributed by atoms with van der Waals surface area (Å²) in [4.78, 5) is 0. The molecule has 0 spiro atoms. The van der Waals surface area contributed by atoms with Crippen LogP contribution in [0.3, 0.4) is 0 Å². The first kappa shape index (κ1) is 8.92. The molecule has 0 saturated carbocycles. The number of hydrogen-bond donors (Lipinski definition) is 1. The minimum Gasteiger partial charge on any atom is -0.363 e. The van der Waals surface area contributed by atoms with Crippen molar-refractivity contribution in [2.24, 2.45) is 0 Å². The summed E-state index contributed by atoms with van der Waals surface area (Å²) in [5.74, 6) is 0.590. The highest BCUT2D eigenvalue weighted by molar-refractivity contribution is 5.81. The number of hydrogen-bond acceptors (Lipinski definition) is 3. The Bertz CT molecular complexity index is 457. The van der Waals surface area contributed by atoms with Crippen molar-refractivity contribution < 1.29 is 4.52 Å². The molecule has 3 nitrogen and oxygen atoms in total. The van der Waals surface area contributed by atoms with E-state index in [1.165, 1.54) is 18.4 Å². The van der Waals surface area contributed by atoms with E-state index in [2.05, 4.69) is 22.6 Å². The van der Waals surface area contributed by atoms with Gasteiger partial charge in [-0.1, -0.05) is 17.3 Å². The fraction of sp³-hybridized carbons (Fsp3) is 0.417. The van der Waals surface area contributed by atoms with Crippen LogP contribution >= 0.6 is 0 Å². The summed E-state index contributed by atoms with van der Waals surface area (Å²) in [5, 5.41) is 8.63. The zero-order valence-electron chi connectivity index (χ0n) is 8.57. The van der Waals surface area contributed by atoms with Gasteiger partial charge in [-0.05, 0) is 36.9 Å². The van der Waals surface area contributed by atoms with Crippen LogP contribution in [0.25, 0.3) is 10.9 Å². The number of nitrogens with zero attached hydrogens (tertiary/aromatic N) is 1. The first-order chi connectivity index (χ1) is 7.45. The molecule has 0 aliphatic carbocycles. The van der Waals surface area contributed by atoms with Gasteiger partial charge in [-0.15, -0.1) is 0 Å². The van der Waals surface area contributed by atoms with E-state index in [1.807, 2.05) is 6.07 Å². The largest absolute Gasteiger partial charge is 0.363 e. The Morgan fingerprint density at radius 1 is 1.40 bits per heavy atom. The van der Waals surface area contributed by atoms with Gasteiger partial charge < -0.3 is 9.84 Å². The van der Waals surface area contributed by atoms with E-state index >= 15 is 0 Å². The van der Waals surface area contributed by atoms with Gasteiger partial charge in [0.2, 0.25) is 0 Å². The van der Waals surface area contributed by atoms with Crippen LogP contribution < -0.4 is 5.32 Å². The van der Waals surface area contributed by atoms with Crippen LogP contribution in [0.15, 0.2) is 29.0 Å². The van der Waals surface area contributed by atoms with Crippen LogP contribution in [0, 0.1) is 0 Å². The van der Waals surface area contributed by atoms with Gasteiger partial charge in [-0.3, -0.25) is 0 Å². The van der Waals surface area contributed by atoms with E-state index in [9.17, 15) is 0 Å². The maximum absolute atomic E-state index is 5.03. The number of piperidine rings is 1. The molecular weight excluding hydrogens is 188 g/mol. The highest BCUT2D eigenvalue weighted by Gasteiger charge is 2.18. The summed E-state index contributed by atoms with van der Waals surface area (Å²) in [6.07, 6.45) is 4.22. The molecule has 1 aliphatic heterocycles. The Balaban J connectivity index is 2.05. The molecule has 0 radical (unpaired) electrons. The quantitative estimate of drug-likeness (QED) is 0.771. The molecule has 2 heterocycles. The van der Waals surface area contributed by atoms with Crippen LogP contribution in [-0.2, 0) is 0 Å². The monoisotopic (exact) mass is 202 g/mol. The van der Waals surface area contributed by atoms with Gasteiger partial charge in [0.25, 0.3) is 0 Å². The van der Waals surface area contributed by atoms with Crippen molar-refractivity contribution in [3.63, 3.8) is 0 Å². The van der Waals surface area contributed by atoms with Crippen molar-refractivity contribution in [1.82, 2.24) is 10.5 Å². The minimum absolute atomic E-state index is 0.590. The van der Waals surface area contributed by atoms with Crippen LogP contribution in [0.1, 0.15) is 24.3 Å². The zero-order chi connectivity index (χ0) is 10.1. The van der Waals surface area contributed by atoms with E-state index in [0.717, 1.165) is 24.0 Å². The first-order valence-electron chi connectivity index (χ1n) is 5.49. The molecule has 1 unspecified atom stereocenters. The molecule has 1 aromatic heterocycles. The molecular formula is C12H14N2O. The van der Waals surface area contributed by atoms with Gasteiger partial charge in [0.05, 0.1) is 0 Å². The van der Waals surface area contributed by atoms with E-state index in [4.69, 9.17) is 4.52 Å². The van der Waals surface area contributed by atoms with E-state index < -0.39 is 0 Å². The van der Waals surface area contributed by atoms with Gasteiger partial charge in [0.15, 0.2) is 0 Å². The second-order valence-corrected chi connectivity index (χ2v) is 4.14. The summed E-state index contributed by atoms with van der Waals surface area (Å²) in [6.45, 7) is 2.21. The molecule has 0 bridgehead atoms. The minimum atomic E-state index is 0.590. The Hall–Kier alpha value is -1.35. The molecule has 3 rings (SSSR count). The summed E-state index contributed by atoms with van der Waals surface area (Å²) in [6, 6.07) is 6.30. The summed E-state index contributed by atoms with van der Waals surface area (Å²) >= 11 is 0. The van der Waals surface area contributed by atoms with Gasteiger partial charge in [0, 0.05) is 11.9 Å². The molecule has 1 N–H and O–H groups in total. The number of rotatable bonds is 1. The standard InChI is InChI=1S/C12H14N2O/c1-3-10-8-15-14-12(10)11(5-1)9-4-2-6-13-7-9/h1,3,5,8-9,13H,2,4,6-7H2. The van der Waals surface area contributed by atoms with Gasteiger partial charge >= 0.3 is 0 Å². The molecule has 1 saturated heterocycles. The number of aromatic nitrogens is 1. The van der Waals surface area contributed by atoms with Gasteiger partial charge in [-0.25, -0.2) is 0 Å². The van der Waals surface area contributed by atoms with Crippen LogP contribution in [0.4, 0.5) is 0 Å². The predicted molar refractivity (Wildman–Crippen MR) is 58.9 cm³/mol. The molecule has 3 heteroatoms. The molecule has 2 aromatic rings. The van der Waals surface area contributed by atoms with Crippen LogP contribution in [0.5, 0.6) is 0 Å². The Morgan fingerprint density at radius 2 is 2.40 bits per heavy atom. The second kappa shape index (κ2) is 3.66. The molecule has 1 aliphatic rings. The fourth-order valence-electron chi connectivity index (χ4n) is 2.36. The summed E-state index contributed by atoms with van der Waals surface area (Å²) < 4.78 is 5.03. The highest BCUT2D eigenvalue weighted by atomic mass is 16.5. The fourth-order valence-corrected chi connectivity index (χ4v) is 2.36. The molecule has 15 heavy (non-hydrogen) atoms. The smallest absolute Gasteiger partial charge is 0.131 e. The Kier molecular flexibility index (Phi) is 2.18. The maximum Gasteiger partial charge on any atom is 0.131 e. The van der Waals surface area contributed by atoms with Gasteiger partial charge in [-0.2, -0.15) is 0 Å². The molecule has 78 valence electrons. The summed E-state index contributed by atoms with van der Waals surface area (Å²) in [5.41, 5.74) is 2.36. The maximum atomic E-state index is 5.03. The van der Waals surface area contributed by atoms with Crippen molar-refractivity contribution in [3.8, 4) is 0 Å². The lowest BCUT2D eigenvalue weighted by Gasteiger charge is -2.23. The Morgan fingerprint density at radius 3 is 3.27 bits per heavy atom. The topological polar surface area (TPSA) is 38.1 Å².